The molecule has 0 spiro atoms. The van der Waals surface area contributed by atoms with Crippen LogP contribution >= 0.6 is 23.2 Å². The van der Waals surface area contributed by atoms with E-state index >= 15 is 0 Å². The van der Waals surface area contributed by atoms with Gasteiger partial charge >= 0.3 is 0 Å². The van der Waals surface area contributed by atoms with Crippen LogP contribution in [0.1, 0.15) is 20.3 Å². The van der Waals surface area contributed by atoms with Crippen molar-refractivity contribution in [3.05, 3.63) is 39.6 Å². The number of aliphatic hydroxyl groups is 1. The van der Waals surface area contributed by atoms with E-state index in [9.17, 15) is 23.1 Å². The van der Waals surface area contributed by atoms with Gasteiger partial charge < -0.3 is 14.9 Å². The lowest BCUT2D eigenvalue weighted by atomic mass is 10.1. The van der Waals surface area contributed by atoms with Crippen molar-refractivity contribution >= 4 is 50.8 Å². The first kappa shape index (κ1) is 22.5. The lowest BCUT2D eigenvalue weighted by Crippen LogP contribution is -2.40. The number of carbonyl (C=O) groups excluding carboxylic acids is 2. The minimum atomic E-state index is -4.29. The van der Waals surface area contributed by atoms with Crippen LogP contribution in [0, 0.1) is 0 Å². The highest BCUT2D eigenvalue weighted by molar-refractivity contribution is 7.85. The first-order chi connectivity index (χ1) is 13.0. The zero-order valence-electron chi connectivity index (χ0n) is 15.2. The molecule has 0 saturated carbocycles. The van der Waals surface area contributed by atoms with E-state index in [0.717, 1.165) is 4.90 Å². The summed E-state index contributed by atoms with van der Waals surface area (Å²) in [5.41, 5.74) is 0.282. The number of nitrogens with zero attached hydrogens (tertiary/aromatic N) is 2. The maximum absolute atomic E-state index is 13.1. The van der Waals surface area contributed by atoms with Gasteiger partial charge in [-0.15, -0.1) is 0 Å². The number of rotatable bonds is 7. The van der Waals surface area contributed by atoms with Crippen molar-refractivity contribution in [2.24, 2.45) is 0 Å². The van der Waals surface area contributed by atoms with Crippen LogP contribution in [0.25, 0.3) is 0 Å². The Hall–Kier alpha value is -1.81. The molecule has 0 fully saturated rings. The van der Waals surface area contributed by atoms with E-state index in [2.05, 4.69) is 0 Å². The second-order valence-electron chi connectivity index (χ2n) is 6.37. The number of halogens is 2. The van der Waals surface area contributed by atoms with Crippen LogP contribution in [-0.2, 0) is 19.7 Å². The molecule has 0 aromatic heterocycles. The van der Waals surface area contributed by atoms with E-state index in [1.807, 2.05) is 6.92 Å². The van der Waals surface area contributed by atoms with E-state index in [4.69, 9.17) is 27.8 Å². The van der Waals surface area contributed by atoms with Crippen LogP contribution < -0.4 is 4.90 Å². The Bertz CT molecular complexity index is 932. The zero-order chi connectivity index (χ0) is 21.2. The van der Waals surface area contributed by atoms with E-state index in [1.54, 1.807) is 13.0 Å². The summed E-state index contributed by atoms with van der Waals surface area (Å²) < 4.78 is 30.7. The molecule has 1 unspecified atom stereocenters. The van der Waals surface area contributed by atoms with E-state index in [-0.39, 0.29) is 29.7 Å². The van der Waals surface area contributed by atoms with Crippen LogP contribution in [0.3, 0.4) is 0 Å². The Balaban J connectivity index is 2.33. The van der Waals surface area contributed by atoms with Gasteiger partial charge in [-0.05, 0) is 31.5 Å². The molecular formula is C17H20Cl2N2O6S. The summed E-state index contributed by atoms with van der Waals surface area (Å²) in [5, 5.41) is 10.7. The minimum absolute atomic E-state index is 0.160. The van der Waals surface area contributed by atoms with Gasteiger partial charge in [0, 0.05) is 18.3 Å². The van der Waals surface area contributed by atoms with Gasteiger partial charge in [0.2, 0.25) is 0 Å². The Morgan fingerprint density at radius 2 is 1.96 bits per heavy atom. The second-order valence-corrected chi connectivity index (χ2v) is 8.76. The minimum Gasteiger partial charge on any atom is -0.503 e. The number of hydrogen-bond acceptors (Lipinski definition) is 5. The maximum Gasteiger partial charge on any atom is 0.289 e. The van der Waals surface area contributed by atoms with Gasteiger partial charge in [-0.3, -0.25) is 14.1 Å². The molecule has 1 atom stereocenters. The van der Waals surface area contributed by atoms with Gasteiger partial charge in [-0.1, -0.05) is 30.1 Å². The van der Waals surface area contributed by atoms with Crippen molar-refractivity contribution in [2.75, 3.05) is 23.7 Å². The molecule has 1 aromatic rings. The highest BCUT2D eigenvalue weighted by atomic mass is 35.5. The van der Waals surface area contributed by atoms with Gasteiger partial charge in [-0.25, -0.2) is 0 Å². The first-order valence-corrected chi connectivity index (χ1v) is 10.8. The van der Waals surface area contributed by atoms with Crippen LogP contribution in [0.5, 0.6) is 0 Å². The molecule has 154 valence electrons. The highest BCUT2D eigenvalue weighted by Gasteiger charge is 2.37. The van der Waals surface area contributed by atoms with Crippen LogP contribution in [0.2, 0.25) is 10.0 Å². The van der Waals surface area contributed by atoms with Gasteiger partial charge in [0.05, 0.1) is 27.9 Å². The standard InChI is InChI=1S/C17H20Cl2N2O6S/c1-3-10(2)21(11-4-5-13(18)14(19)8-11)16(23)12-9-20(17(24)15(12)22)6-7-28(25,26)27/h4-5,8,10,22H,3,6-7,9H2,1-2H3,(H,25,26,27). The normalized spacial score (nSPS) is 15.9. The van der Waals surface area contributed by atoms with Crippen molar-refractivity contribution in [1.29, 1.82) is 0 Å². The molecule has 1 heterocycles. The van der Waals surface area contributed by atoms with E-state index < -0.39 is 33.4 Å². The molecule has 2 N–H and O–H groups in total. The number of hydrogen-bond donors (Lipinski definition) is 2. The highest BCUT2D eigenvalue weighted by Crippen LogP contribution is 2.31. The van der Waals surface area contributed by atoms with Crippen molar-refractivity contribution in [3.8, 4) is 0 Å². The molecule has 11 heteroatoms. The Labute approximate surface area is 173 Å². The number of aliphatic hydroxyl groups excluding tert-OH is 1. The van der Waals surface area contributed by atoms with Crippen LogP contribution in [0.15, 0.2) is 29.5 Å². The second kappa shape index (κ2) is 8.69. The van der Waals surface area contributed by atoms with Gasteiger partial charge in [-0.2, -0.15) is 8.42 Å². The van der Waals surface area contributed by atoms with Gasteiger partial charge in [0.1, 0.15) is 0 Å². The third kappa shape index (κ3) is 4.96. The average Bonchev–Trinajstić information content (AvgIpc) is 2.90. The molecule has 0 radical (unpaired) electrons. The smallest absolute Gasteiger partial charge is 0.289 e. The monoisotopic (exact) mass is 450 g/mol. The third-order valence-corrected chi connectivity index (χ3v) is 5.87. The van der Waals surface area contributed by atoms with Crippen molar-refractivity contribution in [1.82, 2.24) is 4.90 Å². The lowest BCUT2D eigenvalue weighted by molar-refractivity contribution is -0.127. The SMILES string of the molecule is CCC(C)N(C(=O)C1=C(O)C(=O)N(CCS(=O)(=O)O)C1)c1ccc(Cl)c(Cl)c1. The Morgan fingerprint density at radius 3 is 2.50 bits per heavy atom. The molecule has 0 aliphatic carbocycles. The number of benzene rings is 1. The van der Waals surface area contributed by atoms with Crippen molar-refractivity contribution < 1.29 is 27.7 Å². The average molecular weight is 451 g/mol. The summed E-state index contributed by atoms with van der Waals surface area (Å²) in [6, 6.07) is 4.36. The topological polar surface area (TPSA) is 115 Å². The summed E-state index contributed by atoms with van der Waals surface area (Å²) in [4.78, 5) is 27.7. The van der Waals surface area contributed by atoms with Crippen molar-refractivity contribution in [3.63, 3.8) is 0 Å². The van der Waals surface area contributed by atoms with Crippen molar-refractivity contribution in [2.45, 2.75) is 26.3 Å². The molecule has 0 bridgehead atoms. The fourth-order valence-corrected chi connectivity index (χ4v) is 3.47. The fraction of sp³-hybridized carbons (Fsp3) is 0.412. The predicted molar refractivity (Wildman–Crippen MR) is 106 cm³/mol. The molecule has 1 aliphatic heterocycles. The molecule has 2 amide bonds. The molecule has 1 aliphatic rings. The largest absolute Gasteiger partial charge is 0.503 e. The summed E-state index contributed by atoms with van der Waals surface area (Å²) >= 11 is 12.0. The maximum atomic E-state index is 13.1. The lowest BCUT2D eigenvalue weighted by Gasteiger charge is -2.29. The van der Waals surface area contributed by atoms with E-state index in [1.165, 1.54) is 17.0 Å². The quantitative estimate of drug-likeness (QED) is 0.616. The fourth-order valence-electron chi connectivity index (χ4n) is 2.73. The van der Waals surface area contributed by atoms with E-state index in [0.29, 0.717) is 17.1 Å². The summed E-state index contributed by atoms with van der Waals surface area (Å²) in [5.74, 6) is -2.91. The molecule has 8 nitrogen and oxygen atoms in total. The molecule has 1 aromatic carbocycles. The first-order valence-electron chi connectivity index (χ1n) is 8.41. The van der Waals surface area contributed by atoms with Gasteiger partial charge in [0.25, 0.3) is 21.9 Å². The number of carbonyl (C=O) groups is 2. The zero-order valence-corrected chi connectivity index (χ0v) is 17.6. The summed E-state index contributed by atoms with van der Waals surface area (Å²) in [6.45, 7) is 3.04. The molecule has 0 saturated heterocycles. The number of amides is 2. The summed E-state index contributed by atoms with van der Waals surface area (Å²) in [6.07, 6.45) is 0.584. The molecule has 28 heavy (non-hydrogen) atoms. The predicted octanol–water partition coefficient (Wildman–Crippen LogP) is 2.67. The Morgan fingerprint density at radius 1 is 1.32 bits per heavy atom. The van der Waals surface area contributed by atoms with Gasteiger partial charge in [0.15, 0.2) is 5.76 Å². The molecule has 2 rings (SSSR count). The third-order valence-electron chi connectivity index (χ3n) is 4.43. The molecular weight excluding hydrogens is 431 g/mol. The number of anilines is 1. The Kier molecular flexibility index (Phi) is 6.97. The summed E-state index contributed by atoms with van der Waals surface area (Å²) in [7, 11) is -4.29. The van der Waals surface area contributed by atoms with Crippen LogP contribution in [-0.4, -0.2) is 59.7 Å². The van der Waals surface area contributed by atoms with Crippen LogP contribution in [0.4, 0.5) is 5.69 Å².